The number of ether oxygens (including phenoxy) is 3. The van der Waals surface area contributed by atoms with Gasteiger partial charge in [-0.3, -0.25) is 14.4 Å². The molecule has 39 heavy (non-hydrogen) atoms. The van der Waals surface area contributed by atoms with Gasteiger partial charge in [0.1, 0.15) is 12.4 Å². The third kappa shape index (κ3) is 6.14. The molecule has 0 aliphatic carbocycles. The van der Waals surface area contributed by atoms with Crippen molar-refractivity contribution in [3.63, 3.8) is 0 Å². The van der Waals surface area contributed by atoms with Gasteiger partial charge in [0, 0.05) is 36.2 Å². The molecule has 9 nitrogen and oxygen atoms in total. The van der Waals surface area contributed by atoms with E-state index in [1.807, 2.05) is 36.4 Å². The highest BCUT2D eigenvalue weighted by Crippen LogP contribution is 2.41. The highest BCUT2D eigenvalue weighted by Gasteiger charge is 2.28. The summed E-state index contributed by atoms with van der Waals surface area (Å²) in [6, 6.07) is 20.2. The monoisotopic (exact) mass is 529 g/mol. The standard InChI is InChI=1S/C30H31N3O6/c1-37-26-11-8-21-16-27(26)39-14-5-13-33(30(36)20-6-3-2-4-7-20)19-29(35)31-12-15-38-22-9-10-23-24(21)18-28(34)32-25(23)17-22/h2-4,6-11,16-17,24H,5,12-15,18-19H2,1H3,(H,31,35)(H,32,34). The van der Waals surface area contributed by atoms with Crippen LogP contribution in [0.1, 0.15) is 40.2 Å². The Labute approximate surface area is 227 Å². The van der Waals surface area contributed by atoms with Crippen molar-refractivity contribution in [1.29, 1.82) is 0 Å². The minimum absolute atomic E-state index is 0.0794. The van der Waals surface area contributed by atoms with E-state index in [0.29, 0.717) is 54.5 Å². The van der Waals surface area contributed by atoms with E-state index in [9.17, 15) is 14.4 Å². The summed E-state index contributed by atoms with van der Waals surface area (Å²) in [6.45, 7) is 1.06. The van der Waals surface area contributed by atoms with Crippen LogP contribution < -0.4 is 24.8 Å². The lowest BCUT2D eigenvalue weighted by Gasteiger charge is -2.27. The smallest absolute Gasteiger partial charge is 0.254 e. The molecule has 3 aromatic carbocycles. The van der Waals surface area contributed by atoms with Crippen molar-refractivity contribution >= 4 is 23.4 Å². The molecule has 6 rings (SSSR count). The predicted molar refractivity (Wildman–Crippen MR) is 145 cm³/mol. The first-order valence-electron chi connectivity index (χ1n) is 13.0. The molecule has 1 atom stereocenters. The zero-order valence-electron chi connectivity index (χ0n) is 21.8. The maximum Gasteiger partial charge on any atom is 0.254 e. The number of carbonyl (C=O) groups is 3. The number of methoxy groups -OCH3 is 1. The first-order valence-corrected chi connectivity index (χ1v) is 13.0. The van der Waals surface area contributed by atoms with Gasteiger partial charge in [-0.25, -0.2) is 0 Å². The molecule has 0 spiro atoms. The summed E-state index contributed by atoms with van der Waals surface area (Å²) in [6.07, 6.45) is 0.807. The summed E-state index contributed by atoms with van der Waals surface area (Å²) in [5.74, 6) is 0.974. The van der Waals surface area contributed by atoms with Crippen LogP contribution in [0.2, 0.25) is 0 Å². The molecule has 2 N–H and O–H groups in total. The third-order valence-electron chi connectivity index (χ3n) is 6.82. The zero-order chi connectivity index (χ0) is 27.2. The quantitative estimate of drug-likeness (QED) is 0.492. The van der Waals surface area contributed by atoms with Crippen LogP contribution in [-0.2, 0) is 9.59 Å². The molecule has 0 aromatic heterocycles. The van der Waals surface area contributed by atoms with E-state index in [-0.39, 0.29) is 43.3 Å². The van der Waals surface area contributed by atoms with Gasteiger partial charge in [-0.15, -0.1) is 0 Å². The molecular weight excluding hydrogens is 498 g/mol. The normalized spacial score (nSPS) is 17.9. The Morgan fingerprint density at radius 2 is 1.82 bits per heavy atom. The molecule has 9 heteroatoms. The lowest BCUT2D eigenvalue weighted by atomic mass is 9.84. The Hall–Kier alpha value is -4.53. The number of nitrogens with zero attached hydrogens (tertiary/aromatic N) is 1. The van der Waals surface area contributed by atoms with E-state index < -0.39 is 0 Å². The van der Waals surface area contributed by atoms with Gasteiger partial charge in [0.15, 0.2) is 11.5 Å². The molecule has 0 saturated heterocycles. The Balaban J connectivity index is 1.43. The van der Waals surface area contributed by atoms with E-state index in [4.69, 9.17) is 14.2 Å². The van der Waals surface area contributed by atoms with Crippen LogP contribution in [0.25, 0.3) is 0 Å². The topological polar surface area (TPSA) is 106 Å². The Morgan fingerprint density at radius 1 is 0.974 bits per heavy atom. The summed E-state index contributed by atoms with van der Waals surface area (Å²) in [7, 11) is 1.58. The number of fused-ring (bicyclic) bond motifs is 11. The van der Waals surface area contributed by atoms with Crippen LogP contribution in [-0.4, -0.2) is 62.6 Å². The van der Waals surface area contributed by atoms with Gasteiger partial charge in [-0.2, -0.15) is 0 Å². The Bertz CT molecular complexity index is 1360. The summed E-state index contributed by atoms with van der Waals surface area (Å²) in [5.41, 5.74) is 3.13. The van der Waals surface area contributed by atoms with Crippen molar-refractivity contribution in [2.45, 2.75) is 18.8 Å². The first kappa shape index (κ1) is 26.1. The Kier molecular flexibility index (Phi) is 7.96. The first-order chi connectivity index (χ1) is 19.0. The van der Waals surface area contributed by atoms with E-state index in [2.05, 4.69) is 10.6 Å². The van der Waals surface area contributed by atoms with E-state index in [1.165, 1.54) is 4.90 Å². The Morgan fingerprint density at radius 3 is 2.64 bits per heavy atom. The number of amides is 3. The van der Waals surface area contributed by atoms with Crippen LogP contribution in [0.15, 0.2) is 66.7 Å². The zero-order valence-corrected chi connectivity index (χ0v) is 21.8. The number of benzene rings is 3. The van der Waals surface area contributed by atoms with Crippen LogP contribution >= 0.6 is 0 Å². The molecule has 3 heterocycles. The fourth-order valence-corrected chi connectivity index (χ4v) is 4.90. The number of rotatable bonds is 2. The van der Waals surface area contributed by atoms with E-state index >= 15 is 0 Å². The lowest BCUT2D eigenvalue weighted by Crippen LogP contribution is -2.42. The van der Waals surface area contributed by atoms with Crippen molar-refractivity contribution in [1.82, 2.24) is 10.2 Å². The molecule has 3 aliphatic heterocycles. The summed E-state index contributed by atoms with van der Waals surface area (Å²) in [5, 5.41) is 5.77. The van der Waals surface area contributed by atoms with Gasteiger partial charge in [0.2, 0.25) is 11.8 Å². The van der Waals surface area contributed by atoms with Crippen molar-refractivity contribution in [2.75, 3.05) is 45.3 Å². The van der Waals surface area contributed by atoms with Gasteiger partial charge in [0.05, 0.1) is 26.8 Å². The molecular formula is C30H31N3O6. The molecule has 202 valence electrons. The van der Waals surface area contributed by atoms with Crippen molar-refractivity contribution < 1.29 is 28.6 Å². The molecule has 3 aromatic rings. The van der Waals surface area contributed by atoms with Crippen molar-refractivity contribution in [3.8, 4) is 17.2 Å². The maximum atomic E-state index is 13.2. The number of nitrogens with one attached hydrogen (secondary N) is 2. The van der Waals surface area contributed by atoms with Crippen LogP contribution in [0.4, 0.5) is 5.69 Å². The minimum atomic E-state index is -0.281. The van der Waals surface area contributed by atoms with Gasteiger partial charge in [-0.1, -0.05) is 30.3 Å². The molecule has 1 unspecified atom stereocenters. The molecule has 3 amide bonds. The van der Waals surface area contributed by atoms with Crippen LogP contribution in [0.3, 0.4) is 0 Å². The molecule has 0 radical (unpaired) electrons. The second kappa shape index (κ2) is 11.9. The molecule has 6 bridgehead atoms. The molecule has 0 fully saturated rings. The fraction of sp³-hybridized carbons (Fsp3) is 0.300. The SMILES string of the molecule is COc1ccc2cc1OCCCN(C(=O)c1ccccc1)CC(=O)NCCOc1ccc3c(c1)NC(=O)CC23. The second-order valence-corrected chi connectivity index (χ2v) is 9.46. The summed E-state index contributed by atoms with van der Waals surface area (Å²) >= 11 is 0. The molecule has 3 aliphatic rings. The van der Waals surface area contributed by atoms with Crippen LogP contribution in [0.5, 0.6) is 17.2 Å². The van der Waals surface area contributed by atoms with Gasteiger partial charge >= 0.3 is 0 Å². The number of hydrogen-bond acceptors (Lipinski definition) is 6. The maximum absolute atomic E-state index is 13.2. The predicted octanol–water partition coefficient (Wildman–Crippen LogP) is 3.59. The molecule has 0 saturated carbocycles. The minimum Gasteiger partial charge on any atom is -0.493 e. The highest BCUT2D eigenvalue weighted by atomic mass is 16.5. The third-order valence-corrected chi connectivity index (χ3v) is 6.82. The van der Waals surface area contributed by atoms with Gasteiger partial charge in [-0.05, 0) is 47.9 Å². The highest BCUT2D eigenvalue weighted by molar-refractivity contribution is 5.97. The average Bonchev–Trinajstić information content (AvgIpc) is 2.96. The summed E-state index contributed by atoms with van der Waals surface area (Å²) < 4.78 is 17.5. The van der Waals surface area contributed by atoms with Crippen molar-refractivity contribution in [3.05, 3.63) is 83.4 Å². The summed E-state index contributed by atoms with van der Waals surface area (Å²) in [4.78, 5) is 40.0. The lowest BCUT2D eigenvalue weighted by molar-refractivity contribution is -0.122. The number of anilines is 1. The second-order valence-electron chi connectivity index (χ2n) is 9.46. The van der Waals surface area contributed by atoms with Crippen LogP contribution in [0, 0.1) is 0 Å². The van der Waals surface area contributed by atoms with E-state index in [0.717, 1.165) is 11.1 Å². The van der Waals surface area contributed by atoms with Crippen molar-refractivity contribution in [2.24, 2.45) is 0 Å². The fourth-order valence-electron chi connectivity index (χ4n) is 4.90. The number of hydrogen-bond donors (Lipinski definition) is 2. The average molecular weight is 530 g/mol. The largest absolute Gasteiger partial charge is 0.493 e. The van der Waals surface area contributed by atoms with Gasteiger partial charge < -0.3 is 29.7 Å². The van der Waals surface area contributed by atoms with E-state index in [1.54, 1.807) is 37.4 Å². The van der Waals surface area contributed by atoms with Gasteiger partial charge in [0.25, 0.3) is 5.91 Å². The number of carbonyl (C=O) groups excluding carboxylic acids is 3.